The lowest BCUT2D eigenvalue weighted by Crippen LogP contribution is -2.36. The third kappa shape index (κ3) is 6.52. The van der Waals surface area contributed by atoms with Gasteiger partial charge in [-0.3, -0.25) is 9.69 Å². The number of hydrogen-bond acceptors (Lipinski definition) is 7. The summed E-state index contributed by atoms with van der Waals surface area (Å²) in [7, 11) is 1.97. The number of benzene rings is 2. The zero-order valence-corrected chi connectivity index (χ0v) is 21.2. The number of amides is 1. The van der Waals surface area contributed by atoms with E-state index in [1.807, 2.05) is 25.1 Å². The third-order valence-corrected chi connectivity index (χ3v) is 8.23. The molecular formula is C24H31N3O4S2. The lowest BCUT2D eigenvalue weighted by molar-refractivity contribution is -0.118. The molecule has 0 fully saturated rings. The molecule has 2 aromatic carbocycles. The van der Waals surface area contributed by atoms with Gasteiger partial charge in [-0.05, 0) is 68.9 Å². The fourth-order valence-corrected chi connectivity index (χ4v) is 5.75. The van der Waals surface area contributed by atoms with Crippen LogP contribution in [0.25, 0.3) is 10.2 Å². The predicted octanol–water partition coefficient (Wildman–Crippen LogP) is 4.02. The molecule has 0 bridgehead atoms. The fraction of sp³-hybridized carbons (Fsp3) is 0.417. The van der Waals surface area contributed by atoms with Crippen molar-refractivity contribution in [3.05, 3.63) is 48.0 Å². The Labute approximate surface area is 199 Å². The van der Waals surface area contributed by atoms with Crippen LogP contribution < -0.4 is 9.64 Å². The van der Waals surface area contributed by atoms with Gasteiger partial charge in [0, 0.05) is 19.5 Å². The van der Waals surface area contributed by atoms with E-state index in [-0.39, 0.29) is 29.4 Å². The number of hydrogen-bond donors (Lipinski definition) is 0. The number of likely N-dealkylation sites (N-methyl/N-ethyl adjacent to an activating group) is 1. The molecule has 1 aromatic heterocycles. The molecule has 0 aliphatic heterocycles. The molecule has 0 N–H and O–H groups in total. The fourth-order valence-electron chi connectivity index (χ4n) is 3.37. The maximum atomic E-state index is 13.1. The molecule has 33 heavy (non-hydrogen) atoms. The summed E-state index contributed by atoms with van der Waals surface area (Å²) in [5, 5.41) is 0.656. The molecule has 0 aliphatic carbocycles. The molecule has 1 amide bonds. The van der Waals surface area contributed by atoms with Crippen LogP contribution in [0.4, 0.5) is 5.13 Å². The largest absolute Gasteiger partial charge is 0.497 e. The third-order valence-electron chi connectivity index (χ3n) is 5.37. The number of aryl methyl sites for hydroxylation is 1. The van der Waals surface area contributed by atoms with E-state index in [1.165, 1.54) is 36.1 Å². The Hall–Kier alpha value is -2.49. The van der Waals surface area contributed by atoms with E-state index < -0.39 is 9.84 Å². The summed E-state index contributed by atoms with van der Waals surface area (Å²) in [6, 6.07) is 12.5. The van der Waals surface area contributed by atoms with Crippen LogP contribution in [-0.4, -0.2) is 64.3 Å². The first-order valence-corrected chi connectivity index (χ1v) is 13.4. The Morgan fingerprint density at radius 1 is 1.09 bits per heavy atom. The van der Waals surface area contributed by atoms with Crippen LogP contribution in [0.1, 0.15) is 25.3 Å². The smallest absolute Gasteiger partial charge is 0.228 e. The maximum Gasteiger partial charge on any atom is 0.228 e. The number of thiazole rings is 1. The summed E-state index contributed by atoms with van der Waals surface area (Å²) in [5.74, 6) is 0.394. The van der Waals surface area contributed by atoms with E-state index in [0.717, 1.165) is 16.6 Å². The number of sulfone groups is 1. The van der Waals surface area contributed by atoms with Gasteiger partial charge in [-0.1, -0.05) is 24.3 Å². The SMILES string of the molecule is CCc1ccc2nc(N(CCN(C)C)C(=O)CCCS(=O)(=O)c3ccc(OC)cc3)sc2c1. The Balaban J connectivity index is 1.71. The number of methoxy groups -OCH3 is 1. The first-order chi connectivity index (χ1) is 15.7. The lowest BCUT2D eigenvalue weighted by atomic mass is 10.2. The van der Waals surface area contributed by atoms with Crippen molar-refractivity contribution >= 4 is 42.4 Å². The average Bonchev–Trinajstić information content (AvgIpc) is 3.21. The molecule has 3 aromatic rings. The highest BCUT2D eigenvalue weighted by atomic mass is 32.2. The van der Waals surface area contributed by atoms with Gasteiger partial charge in [0.25, 0.3) is 0 Å². The Bertz CT molecular complexity index is 1190. The molecule has 0 radical (unpaired) electrons. The van der Waals surface area contributed by atoms with Crippen molar-refractivity contribution < 1.29 is 17.9 Å². The molecule has 0 saturated carbocycles. The number of nitrogens with zero attached hydrogens (tertiary/aromatic N) is 3. The van der Waals surface area contributed by atoms with Gasteiger partial charge in [0.15, 0.2) is 15.0 Å². The van der Waals surface area contributed by atoms with Gasteiger partial charge in [-0.15, -0.1) is 0 Å². The Morgan fingerprint density at radius 3 is 2.45 bits per heavy atom. The minimum atomic E-state index is -3.47. The van der Waals surface area contributed by atoms with Gasteiger partial charge in [0.1, 0.15) is 5.75 Å². The number of carbonyl (C=O) groups is 1. The zero-order chi connectivity index (χ0) is 24.0. The zero-order valence-electron chi connectivity index (χ0n) is 19.6. The number of ether oxygens (including phenoxy) is 1. The number of fused-ring (bicyclic) bond motifs is 1. The lowest BCUT2D eigenvalue weighted by Gasteiger charge is -2.22. The van der Waals surface area contributed by atoms with Gasteiger partial charge in [0.2, 0.25) is 5.91 Å². The van der Waals surface area contributed by atoms with E-state index in [2.05, 4.69) is 24.0 Å². The van der Waals surface area contributed by atoms with Gasteiger partial charge in [-0.25, -0.2) is 13.4 Å². The second-order valence-electron chi connectivity index (χ2n) is 8.10. The average molecular weight is 490 g/mol. The van der Waals surface area contributed by atoms with Crippen molar-refractivity contribution in [2.24, 2.45) is 0 Å². The number of carbonyl (C=O) groups excluding carboxylic acids is 1. The van der Waals surface area contributed by atoms with E-state index in [1.54, 1.807) is 17.0 Å². The first-order valence-electron chi connectivity index (χ1n) is 10.9. The molecule has 9 heteroatoms. The van der Waals surface area contributed by atoms with Gasteiger partial charge < -0.3 is 9.64 Å². The summed E-state index contributed by atoms with van der Waals surface area (Å²) in [6.45, 7) is 3.29. The molecule has 0 aliphatic rings. The van der Waals surface area contributed by atoms with E-state index in [4.69, 9.17) is 4.74 Å². The van der Waals surface area contributed by atoms with Crippen molar-refractivity contribution in [2.45, 2.75) is 31.1 Å². The predicted molar refractivity (Wildman–Crippen MR) is 134 cm³/mol. The van der Waals surface area contributed by atoms with Crippen LogP contribution in [0.5, 0.6) is 5.75 Å². The van der Waals surface area contributed by atoms with Crippen LogP contribution in [0.2, 0.25) is 0 Å². The van der Waals surface area contributed by atoms with E-state index in [0.29, 0.717) is 24.0 Å². The molecule has 0 atom stereocenters. The number of aromatic nitrogens is 1. The van der Waals surface area contributed by atoms with Crippen LogP contribution >= 0.6 is 11.3 Å². The maximum absolute atomic E-state index is 13.1. The van der Waals surface area contributed by atoms with E-state index in [9.17, 15) is 13.2 Å². The van der Waals surface area contributed by atoms with Crippen molar-refractivity contribution in [1.29, 1.82) is 0 Å². The summed E-state index contributed by atoms with van der Waals surface area (Å²) in [6.07, 6.45) is 1.32. The van der Waals surface area contributed by atoms with Crippen molar-refractivity contribution in [2.75, 3.05) is 44.9 Å². The molecule has 0 saturated heterocycles. The molecule has 178 valence electrons. The van der Waals surface area contributed by atoms with E-state index >= 15 is 0 Å². The molecule has 0 spiro atoms. The molecule has 0 unspecified atom stereocenters. The minimum absolute atomic E-state index is 0.0910. The normalized spacial score (nSPS) is 11.8. The highest BCUT2D eigenvalue weighted by molar-refractivity contribution is 7.91. The van der Waals surface area contributed by atoms with Crippen molar-refractivity contribution in [1.82, 2.24) is 9.88 Å². The van der Waals surface area contributed by atoms with Gasteiger partial charge in [-0.2, -0.15) is 0 Å². The second-order valence-corrected chi connectivity index (χ2v) is 11.2. The number of anilines is 1. The van der Waals surface area contributed by atoms with Crippen LogP contribution in [0.15, 0.2) is 47.4 Å². The summed E-state index contributed by atoms with van der Waals surface area (Å²) >= 11 is 1.50. The monoisotopic (exact) mass is 489 g/mol. The Kier molecular flexibility index (Phi) is 8.45. The first kappa shape index (κ1) is 25.1. The van der Waals surface area contributed by atoms with Crippen LogP contribution in [0.3, 0.4) is 0 Å². The highest BCUT2D eigenvalue weighted by Crippen LogP contribution is 2.30. The van der Waals surface area contributed by atoms with Gasteiger partial charge >= 0.3 is 0 Å². The van der Waals surface area contributed by atoms with Gasteiger partial charge in [0.05, 0.1) is 28.0 Å². The molecule has 1 heterocycles. The Morgan fingerprint density at radius 2 is 1.82 bits per heavy atom. The molecule has 7 nitrogen and oxygen atoms in total. The summed E-state index contributed by atoms with van der Waals surface area (Å²) in [4.78, 5) is 21.7. The minimum Gasteiger partial charge on any atom is -0.497 e. The van der Waals surface area contributed by atoms with Crippen molar-refractivity contribution in [3.8, 4) is 5.75 Å². The van der Waals surface area contributed by atoms with Crippen molar-refractivity contribution in [3.63, 3.8) is 0 Å². The van der Waals surface area contributed by atoms with Crippen LogP contribution in [0, 0.1) is 0 Å². The standard InChI is InChI=1S/C24H31N3O4S2/c1-5-18-8-13-21-22(17-18)32-24(25-21)27(15-14-26(2)3)23(28)7-6-16-33(29,30)20-11-9-19(31-4)10-12-20/h8-13,17H,5-7,14-16H2,1-4H3. The second kappa shape index (κ2) is 11.1. The molecular weight excluding hydrogens is 458 g/mol. The quantitative estimate of drug-likeness (QED) is 0.405. The summed E-state index contributed by atoms with van der Waals surface area (Å²) < 4.78 is 31.5. The topological polar surface area (TPSA) is 79.8 Å². The van der Waals surface area contributed by atoms with Crippen LogP contribution in [-0.2, 0) is 21.1 Å². The number of rotatable bonds is 11. The summed E-state index contributed by atoms with van der Waals surface area (Å²) in [5.41, 5.74) is 2.10. The highest BCUT2D eigenvalue weighted by Gasteiger charge is 2.21. The molecule has 3 rings (SSSR count).